The number of hydrogen-bond acceptors (Lipinski definition) is 3. The summed E-state index contributed by atoms with van der Waals surface area (Å²) in [5.41, 5.74) is 7.99. The lowest BCUT2D eigenvalue weighted by molar-refractivity contribution is 0.0932. The number of carbonyl (C=O) groups excluding carboxylic acids is 1. The standard InChI is InChI=1S/C15H16N2O2/c16-11-4-1-3-10(9-11)15(18)17-13-5-2-6-14-12(13)7-8-19-14/h1,3-4,7-9,13H,2,5-6,16H2,(H,17,18). The molecule has 1 unspecified atom stereocenters. The number of rotatable bonds is 2. The number of nitrogens with two attached hydrogens (primary N) is 1. The van der Waals surface area contributed by atoms with Crippen LogP contribution in [0.5, 0.6) is 0 Å². The van der Waals surface area contributed by atoms with Crippen molar-refractivity contribution >= 4 is 11.6 Å². The zero-order valence-corrected chi connectivity index (χ0v) is 10.6. The monoisotopic (exact) mass is 256 g/mol. The summed E-state index contributed by atoms with van der Waals surface area (Å²) in [6.45, 7) is 0. The van der Waals surface area contributed by atoms with Gasteiger partial charge in [-0.3, -0.25) is 4.79 Å². The SMILES string of the molecule is Nc1cccc(C(=O)NC2CCCc3occc32)c1. The van der Waals surface area contributed by atoms with Gasteiger partial charge >= 0.3 is 0 Å². The van der Waals surface area contributed by atoms with Crippen LogP contribution in [-0.2, 0) is 6.42 Å². The molecular weight excluding hydrogens is 240 g/mol. The molecule has 4 nitrogen and oxygen atoms in total. The van der Waals surface area contributed by atoms with Crippen LogP contribution in [0.2, 0.25) is 0 Å². The van der Waals surface area contributed by atoms with E-state index >= 15 is 0 Å². The Labute approximate surface area is 111 Å². The average Bonchev–Trinajstić information content (AvgIpc) is 2.88. The van der Waals surface area contributed by atoms with E-state index in [9.17, 15) is 4.79 Å². The van der Waals surface area contributed by atoms with Crippen LogP contribution < -0.4 is 11.1 Å². The fraction of sp³-hybridized carbons (Fsp3) is 0.267. The summed E-state index contributed by atoms with van der Waals surface area (Å²) in [5, 5.41) is 3.05. The van der Waals surface area contributed by atoms with Gasteiger partial charge in [0.1, 0.15) is 5.76 Å². The van der Waals surface area contributed by atoms with E-state index in [1.807, 2.05) is 6.07 Å². The van der Waals surface area contributed by atoms with Gasteiger partial charge in [0.25, 0.3) is 5.91 Å². The van der Waals surface area contributed by atoms with Crippen LogP contribution in [0.3, 0.4) is 0 Å². The predicted octanol–water partition coefficient (Wildman–Crippen LogP) is 2.67. The number of hydrogen-bond donors (Lipinski definition) is 2. The Morgan fingerprint density at radius 1 is 1.37 bits per heavy atom. The molecule has 19 heavy (non-hydrogen) atoms. The predicted molar refractivity (Wildman–Crippen MR) is 72.7 cm³/mol. The number of aryl methyl sites for hydroxylation is 1. The molecule has 3 N–H and O–H groups in total. The van der Waals surface area contributed by atoms with E-state index in [0.29, 0.717) is 11.3 Å². The van der Waals surface area contributed by atoms with Gasteiger partial charge in [-0.15, -0.1) is 0 Å². The summed E-state index contributed by atoms with van der Waals surface area (Å²) >= 11 is 0. The minimum absolute atomic E-state index is 0.0384. The zero-order chi connectivity index (χ0) is 13.2. The molecule has 1 aromatic carbocycles. The number of nitrogens with one attached hydrogen (secondary N) is 1. The van der Waals surface area contributed by atoms with Crippen LogP contribution >= 0.6 is 0 Å². The lowest BCUT2D eigenvalue weighted by Gasteiger charge is -2.22. The molecule has 4 heteroatoms. The molecule has 1 atom stereocenters. The molecule has 98 valence electrons. The van der Waals surface area contributed by atoms with Gasteiger partial charge < -0.3 is 15.5 Å². The van der Waals surface area contributed by atoms with E-state index in [2.05, 4.69) is 5.32 Å². The normalized spacial score (nSPS) is 17.8. The molecule has 1 aliphatic rings. The van der Waals surface area contributed by atoms with Gasteiger partial charge in [0.05, 0.1) is 12.3 Å². The smallest absolute Gasteiger partial charge is 0.251 e. The maximum absolute atomic E-state index is 12.2. The number of anilines is 1. The van der Waals surface area contributed by atoms with Gasteiger partial charge in [-0.2, -0.15) is 0 Å². The first-order chi connectivity index (χ1) is 9.24. The van der Waals surface area contributed by atoms with E-state index in [4.69, 9.17) is 10.2 Å². The molecule has 3 rings (SSSR count). The fourth-order valence-corrected chi connectivity index (χ4v) is 2.56. The quantitative estimate of drug-likeness (QED) is 0.812. The summed E-state index contributed by atoms with van der Waals surface area (Å²) in [7, 11) is 0. The van der Waals surface area contributed by atoms with Crippen LogP contribution in [0, 0.1) is 0 Å². The highest BCUT2D eigenvalue weighted by molar-refractivity contribution is 5.95. The van der Waals surface area contributed by atoms with Crippen LogP contribution in [0.1, 0.15) is 40.6 Å². The first-order valence-corrected chi connectivity index (χ1v) is 6.47. The Kier molecular flexibility index (Phi) is 2.99. The van der Waals surface area contributed by atoms with Crippen molar-refractivity contribution in [3.63, 3.8) is 0 Å². The largest absolute Gasteiger partial charge is 0.469 e. The molecule has 0 fully saturated rings. The van der Waals surface area contributed by atoms with Gasteiger partial charge in [-0.1, -0.05) is 6.07 Å². The molecule has 1 heterocycles. The zero-order valence-electron chi connectivity index (χ0n) is 10.6. The third kappa shape index (κ3) is 2.34. The Hall–Kier alpha value is -2.23. The summed E-state index contributed by atoms with van der Waals surface area (Å²) < 4.78 is 5.42. The van der Waals surface area contributed by atoms with Gasteiger partial charge in [-0.25, -0.2) is 0 Å². The van der Waals surface area contributed by atoms with E-state index in [-0.39, 0.29) is 11.9 Å². The number of furan rings is 1. The number of nitrogen functional groups attached to an aromatic ring is 1. The van der Waals surface area contributed by atoms with Crippen LogP contribution in [-0.4, -0.2) is 5.91 Å². The van der Waals surface area contributed by atoms with E-state index in [1.54, 1.807) is 30.5 Å². The second-order valence-corrected chi connectivity index (χ2v) is 4.84. The average molecular weight is 256 g/mol. The molecular formula is C15H16N2O2. The number of carbonyl (C=O) groups is 1. The lowest BCUT2D eigenvalue weighted by Crippen LogP contribution is -2.30. The fourth-order valence-electron chi connectivity index (χ4n) is 2.56. The molecule has 1 amide bonds. The van der Waals surface area contributed by atoms with E-state index in [1.165, 1.54) is 0 Å². The molecule has 0 radical (unpaired) electrons. The number of fused-ring (bicyclic) bond motifs is 1. The van der Waals surface area contributed by atoms with Crippen molar-refractivity contribution < 1.29 is 9.21 Å². The summed E-state index contributed by atoms with van der Waals surface area (Å²) in [4.78, 5) is 12.2. The first kappa shape index (κ1) is 11.8. The molecule has 0 bridgehead atoms. The van der Waals surface area contributed by atoms with Crippen molar-refractivity contribution in [2.75, 3.05) is 5.73 Å². The lowest BCUT2D eigenvalue weighted by atomic mass is 9.93. The first-order valence-electron chi connectivity index (χ1n) is 6.47. The Morgan fingerprint density at radius 2 is 2.26 bits per heavy atom. The minimum Gasteiger partial charge on any atom is -0.469 e. The van der Waals surface area contributed by atoms with Gasteiger partial charge in [0.15, 0.2) is 0 Å². The van der Waals surface area contributed by atoms with Crippen molar-refractivity contribution in [2.45, 2.75) is 25.3 Å². The number of amides is 1. The summed E-state index contributed by atoms with van der Waals surface area (Å²) in [5.74, 6) is 0.899. The third-order valence-electron chi connectivity index (χ3n) is 3.51. The highest BCUT2D eigenvalue weighted by atomic mass is 16.3. The van der Waals surface area contributed by atoms with Gasteiger partial charge in [0.2, 0.25) is 0 Å². The Bertz CT molecular complexity index is 604. The van der Waals surface area contributed by atoms with Gasteiger partial charge in [-0.05, 0) is 37.1 Å². The van der Waals surface area contributed by atoms with Crippen LogP contribution in [0.4, 0.5) is 5.69 Å². The van der Waals surface area contributed by atoms with E-state index in [0.717, 1.165) is 30.6 Å². The summed E-state index contributed by atoms with van der Waals surface area (Å²) in [6.07, 6.45) is 4.62. The van der Waals surface area contributed by atoms with Crippen molar-refractivity contribution in [1.29, 1.82) is 0 Å². The second-order valence-electron chi connectivity index (χ2n) is 4.84. The molecule has 1 aliphatic carbocycles. The maximum Gasteiger partial charge on any atom is 0.251 e. The topological polar surface area (TPSA) is 68.3 Å². The van der Waals surface area contributed by atoms with Gasteiger partial charge in [0, 0.05) is 23.2 Å². The van der Waals surface area contributed by atoms with Crippen LogP contribution in [0.25, 0.3) is 0 Å². The minimum atomic E-state index is -0.0913. The molecule has 0 saturated heterocycles. The van der Waals surface area contributed by atoms with Crippen molar-refractivity contribution in [1.82, 2.24) is 5.32 Å². The van der Waals surface area contributed by atoms with Crippen molar-refractivity contribution in [3.8, 4) is 0 Å². The van der Waals surface area contributed by atoms with Crippen molar-refractivity contribution in [3.05, 3.63) is 53.5 Å². The molecule has 0 aliphatic heterocycles. The van der Waals surface area contributed by atoms with Crippen LogP contribution in [0.15, 0.2) is 41.0 Å². The van der Waals surface area contributed by atoms with E-state index < -0.39 is 0 Å². The molecule has 2 aromatic rings. The Balaban J connectivity index is 1.78. The number of benzene rings is 1. The molecule has 1 aromatic heterocycles. The second kappa shape index (κ2) is 4.80. The highest BCUT2D eigenvalue weighted by Crippen LogP contribution is 2.30. The molecule has 0 saturated carbocycles. The van der Waals surface area contributed by atoms with Crippen molar-refractivity contribution in [2.24, 2.45) is 0 Å². The summed E-state index contributed by atoms with van der Waals surface area (Å²) in [6, 6.07) is 8.99. The Morgan fingerprint density at radius 3 is 3.11 bits per heavy atom. The third-order valence-corrected chi connectivity index (χ3v) is 3.51. The maximum atomic E-state index is 12.2. The highest BCUT2D eigenvalue weighted by Gasteiger charge is 2.24. The molecule has 0 spiro atoms.